The van der Waals surface area contributed by atoms with Crippen molar-refractivity contribution in [1.82, 2.24) is 0 Å². The Balaban J connectivity index is 2.90. The Bertz CT molecular complexity index is 412. The van der Waals surface area contributed by atoms with Gasteiger partial charge in [0.2, 0.25) is 0 Å². The van der Waals surface area contributed by atoms with Crippen LogP contribution in [0.1, 0.15) is 25.0 Å². The Morgan fingerprint density at radius 1 is 1.13 bits per heavy atom. The van der Waals surface area contributed by atoms with Crippen LogP contribution in [-0.4, -0.2) is 12.3 Å². The molecule has 1 aromatic carbocycles. The van der Waals surface area contributed by atoms with Gasteiger partial charge < -0.3 is 0 Å². The third-order valence-corrected chi connectivity index (χ3v) is 6.86. The third-order valence-electron chi connectivity index (χ3n) is 2.48. The minimum absolute atomic E-state index is 1.04. The first-order chi connectivity index (χ1) is 7.09. The molecule has 0 saturated carbocycles. The lowest BCUT2D eigenvalue weighted by atomic mass is 10.2. The van der Waals surface area contributed by atoms with Gasteiger partial charge in [-0.2, -0.15) is 0 Å². The fourth-order valence-corrected chi connectivity index (χ4v) is 2.42. The van der Waals surface area contributed by atoms with Crippen molar-refractivity contribution in [1.29, 1.82) is 0 Å². The second kappa shape index (κ2) is 5.50. The zero-order valence-corrected chi connectivity index (χ0v) is 11.3. The summed E-state index contributed by atoms with van der Waals surface area (Å²) in [5, 5.41) is 0. The molecule has 0 bridgehead atoms. The highest BCUT2D eigenvalue weighted by Crippen LogP contribution is 2.43. The van der Waals surface area contributed by atoms with E-state index in [0.29, 0.717) is 0 Å². The molecule has 15 heavy (non-hydrogen) atoms. The Morgan fingerprint density at radius 3 is 2.13 bits per heavy atom. The summed E-state index contributed by atoms with van der Waals surface area (Å²) in [6.45, 7) is 6.38. The molecule has 80 valence electrons. The normalized spacial score (nSPS) is 10.6. The molecule has 0 aliphatic heterocycles. The van der Waals surface area contributed by atoms with Crippen LogP contribution in [0.25, 0.3) is 0 Å². The van der Waals surface area contributed by atoms with Gasteiger partial charge in [-0.15, -0.1) is 0 Å². The van der Waals surface area contributed by atoms with E-state index < -0.39 is 6.04 Å². The molecule has 0 unspecified atom stereocenters. The predicted octanol–water partition coefficient (Wildman–Crippen LogP) is 3.82. The van der Waals surface area contributed by atoms with E-state index in [-0.39, 0.29) is 0 Å². The van der Waals surface area contributed by atoms with Gasteiger partial charge in [0.1, 0.15) is 0 Å². The van der Waals surface area contributed by atoms with Gasteiger partial charge in [-0.1, -0.05) is 54.9 Å². The highest BCUT2D eigenvalue weighted by Gasteiger charge is 2.06. The molecule has 0 aliphatic carbocycles. The zero-order chi connectivity index (χ0) is 11.3. The van der Waals surface area contributed by atoms with Crippen molar-refractivity contribution in [3.8, 4) is 11.6 Å². The topological polar surface area (TPSA) is 0 Å². The summed E-state index contributed by atoms with van der Waals surface area (Å²) in [7, 11) is 0. The lowest BCUT2D eigenvalue weighted by molar-refractivity contribution is 1.42. The summed E-state index contributed by atoms with van der Waals surface area (Å²) in [5.74, 6) is 3.21. The van der Waals surface area contributed by atoms with E-state index >= 15 is 0 Å². The highest BCUT2D eigenvalue weighted by molar-refractivity contribution is 8.17. The van der Waals surface area contributed by atoms with Crippen molar-refractivity contribution >= 4 is 17.8 Å². The summed E-state index contributed by atoms with van der Waals surface area (Å²) < 4.78 is 0. The van der Waals surface area contributed by atoms with Crippen LogP contribution in [-0.2, 0) is 11.8 Å². The number of rotatable bonds is 2. The van der Waals surface area contributed by atoms with Crippen molar-refractivity contribution in [3.63, 3.8) is 0 Å². The van der Waals surface area contributed by atoms with Crippen LogP contribution in [0, 0.1) is 18.5 Å². The molecule has 0 aromatic heterocycles. The quantitative estimate of drug-likeness (QED) is 0.555. The molecule has 0 heterocycles. The van der Waals surface area contributed by atoms with Crippen LogP contribution in [0.2, 0.25) is 0 Å². The summed E-state index contributed by atoms with van der Waals surface area (Å²) in [5.41, 5.74) is 5.66. The highest BCUT2D eigenvalue weighted by atomic mass is 32.4. The van der Waals surface area contributed by atoms with E-state index in [0.717, 1.165) is 17.9 Å². The second-order valence-corrected chi connectivity index (χ2v) is 8.99. The van der Waals surface area contributed by atoms with E-state index in [4.69, 9.17) is 11.8 Å². The number of aryl methyl sites for hydroxylation is 1. The summed E-state index contributed by atoms with van der Waals surface area (Å²) in [6, 6.07) is 6.92. The standard InChI is InChI=1S/C13H17PS/c1-4-14(15,5-2)11-10-13-8-6-12(3)7-9-13/h6-9H,4-5H2,1-3H3. The van der Waals surface area contributed by atoms with Gasteiger partial charge in [0, 0.05) is 11.6 Å². The van der Waals surface area contributed by atoms with Gasteiger partial charge >= 0.3 is 0 Å². The van der Waals surface area contributed by atoms with Crippen molar-refractivity contribution in [2.24, 2.45) is 0 Å². The van der Waals surface area contributed by atoms with Gasteiger partial charge in [0.25, 0.3) is 0 Å². The molecule has 1 aromatic rings. The molecular weight excluding hydrogens is 219 g/mol. The minimum Gasteiger partial charge on any atom is -0.0837 e. The van der Waals surface area contributed by atoms with Gasteiger partial charge in [-0.25, -0.2) is 0 Å². The first-order valence-electron chi connectivity index (χ1n) is 5.27. The van der Waals surface area contributed by atoms with E-state index in [9.17, 15) is 0 Å². The molecular formula is C13H17PS. The lowest BCUT2D eigenvalue weighted by Gasteiger charge is -2.08. The van der Waals surface area contributed by atoms with Crippen LogP contribution in [0.3, 0.4) is 0 Å². The molecule has 1 rings (SSSR count). The van der Waals surface area contributed by atoms with Crippen LogP contribution >= 0.6 is 6.04 Å². The Morgan fingerprint density at radius 2 is 1.67 bits per heavy atom. The minimum atomic E-state index is -1.39. The van der Waals surface area contributed by atoms with Gasteiger partial charge in [-0.05, 0) is 31.4 Å². The fourth-order valence-electron chi connectivity index (χ4n) is 1.19. The number of hydrogen-bond donors (Lipinski definition) is 0. The maximum Gasteiger partial charge on any atom is 0.0249 e. The maximum atomic E-state index is 5.57. The zero-order valence-electron chi connectivity index (χ0n) is 9.58. The van der Waals surface area contributed by atoms with Crippen LogP contribution < -0.4 is 0 Å². The van der Waals surface area contributed by atoms with Gasteiger partial charge in [-0.3, -0.25) is 0 Å². The van der Waals surface area contributed by atoms with Crippen LogP contribution in [0.15, 0.2) is 24.3 Å². The predicted molar refractivity (Wildman–Crippen MR) is 73.4 cm³/mol. The molecule has 0 N–H and O–H groups in total. The monoisotopic (exact) mass is 236 g/mol. The van der Waals surface area contributed by atoms with Crippen molar-refractivity contribution < 1.29 is 0 Å². The summed E-state index contributed by atoms with van der Waals surface area (Å²) >= 11 is 5.57. The van der Waals surface area contributed by atoms with E-state index in [1.807, 2.05) is 0 Å². The summed E-state index contributed by atoms with van der Waals surface area (Å²) in [4.78, 5) is 0. The molecule has 0 aliphatic rings. The Labute approximate surface area is 98.1 Å². The molecule has 0 spiro atoms. The molecule has 0 nitrogen and oxygen atoms in total. The fraction of sp³-hybridized carbons (Fsp3) is 0.385. The van der Waals surface area contributed by atoms with Crippen LogP contribution in [0.5, 0.6) is 0 Å². The Kier molecular flexibility index (Phi) is 4.58. The third kappa shape index (κ3) is 3.82. The SMILES string of the molecule is CCP(=S)(C#Cc1ccc(C)cc1)CC. The van der Waals surface area contributed by atoms with E-state index in [1.54, 1.807) is 0 Å². The maximum absolute atomic E-state index is 5.57. The van der Waals surface area contributed by atoms with Crippen molar-refractivity contribution in [3.05, 3.63) is 35.4 Å². The van der Waals surface area contributed by atoms with E-state index in [1.165, 1.54) is 5.56 Å². The molecule has 0 saturated heterocycles. The Hall–Kier alpha value is -0.570. The second-order valence-electron chi connectivity index (χ2n) is 3.62. The van der Waals surface area contributed by atoms with Crippen molar-refractivity contribution in [2.75, 3.05) is 12.3 Å². The van der Waals surface area contributed by atoms with Crippen LogP contribution in [0.4, 0.5) is 0 Å². The lowest BCUT2D eigenvalue weighted by Crippen LogP contribution is -1.84. The number of benzene rings is 1. The van der Waals surface area contributed by atoms with Gasteiger partial charge in [0.05, 0.1) is 0 Å². The number of hydrogen-bond acceptors (Lipinski definition) is 1. The summed E-state index contributed by atoms with van der Waals surface area (Å²) in [6.07, 6.45) is 2.08. The molecule has 0 radical (unpaired) electrons. The largest absolute Gasteiger partial charge is 0.0837 e. The van der Waals surface area contributed by atoms with E-state index in [2.05, 4.69) is 56.6 Å². The first kappa shape index (κ1) is 12.5. The molecule has 0 atom stereocenters. The molecule has 0 amide bonds. The van der Waals surface area contributed by atoms with Gasteiger partial charge in [0.15, 0.2) is 0 Å². The first-order valence-corrected chi connectivity index (χ1v) is 8.45. The smallest absolute Gasteiger partial charge is 0.0249 e. The molecule has 0 fully saturated rings. The average Bonchev–Trinajstić information content (AvgIpc) is 2.28. The van der Waals surface area contributed by atoms with Crippen molar-refractivity contribution in [2.45, 2.75) is 20.8 Å². The molecule has 2 heteroatoms. The average molecular weight is 236 g/mol.